The van der Waals surface area contributed by atoms with Crippen molar-refractivity contribution >= 4 is 0 Å². The zero-order valence-electron chi connectivity index (χ0n) is 13.0. The van der Waals surface area contributed by atoms with Crippen LogP contribution in [0.5, 0.6) is 0 Å². The van der Waals surface area contributed by atoms with E-state index < -0.39 is 0 Å². The quantitative estimate of drug-likeness (QED) is 0.584. The van der Waals surface area contributed by atoms with E-state index in [9.17, 15) is 0 Å². The second kappa shape index (κ2) is 17.4. The summed E-state index contributed by atoms with van der Waals surface area (Å²) >= 11 is 0. The molecule has 1 heteroatoms. The second-order valence-electron chi connectivity index (χ2n) is 2.76. The van der Waals surface area contributed by atoms with Gasteiger partial charge in [-0.05, 0) is 31.4 Å². The van der Waals surface area contributed by atoms with Gasteiger partial charge < -0.3 is 4.74 Å². The van der Waals surface area contributed by atoms with Crippen LogP contribution in [0.4, 0.5) is 0 Å². The van der Waals surface area contributed by atoms with Crippen molar-refractivity contribution in [1.82, 2.24) is 0 Å². The summed E-state index contributed by atoms with van der Waals surface area (Å²) in [6, 6.07) is 0. The highest BCUT2D eigenvalue weighted by Gasteiger charge is 2.14. The molecule has 17 heavy (non-hydrogen) atoms. The van der Waals surface area contributed by atoms with Gasteiger partial charge in [-0.2, -0.15) is 0 Å². The Hall–Kier alpha value is -0.980. The van der Waals surface area contributed by atoms with Crippen molar-refractivity contribution < 1.29 is 4.74 Å². The summed E-state index contributed by atoms with van der Waals surface area (Å²) in [5, 5.41) is 0. The van der Waals surface area contributed by atoms with Crippen LogP contribution < -0.4 is 0 Å². The molecule has 1 nitrogen and oxygen atoms in total. The lowest BCUT2D eigenvalue weighted by Crippen LogP contribution is -2.13. The van der Waals surface area contributed by atoms with Crippen molar-refractivity contribution in [3.8, 4) is 0 Å². The highest BCUT2D eigenvalue weighted by Crippen LogP contribution is 2.24. The molecular weight excluding hydrogens is 208 g/mol. The first-order valence-electron chi connectivity index (χ1n) is 6.92. The van der Waals surface area contributed by atoms with Gasteiger partial charge in [0.15, 0.2) is 0 Å². The number of allylic oxidation sites excluding steroid dienone is 3. The van der Waals surface area contributed by atoms with Gasteiger partial charge in [-0.1, -0.05) is 60.8 Å². The van der Waals surface area contributed by atoms with Gasteiger partial charge in [0, 0.05) is 0 Å². The van der Waals surface area contributed by atoms with E-state index >= 15 is 0 Å². The second-order valence-corrected chi connectivity index (χ2v) is 2.76. The maximum atomic E-state index is 5.53. The lowest BCUT2D eigenvalue weighted by molar-refractivity contribution is 0.117. The molecule has 0 fully saturated rings. The van der Waals surface area contributed by atoms with Gasteiger partial charge in [-0.25, -0.2) is 0 Å². The Bertz CT molecular complexity index is 202. The predicted octanol–water partition coefficient (Wildman–Crippen LogP) is 5.89. The summed E-state index contributed by atoms with van der Waals surface area (Å²) in [6.07, 6.45) is 6.08. The molecule has 0 saturated heterocycles. The lowest BCUT2D eigenvalue weighted by Gasteiger charge is -2.22. The summed E-state index contributed by atoms with van der Waals surface area (Å²) in [4.78, 5) is 0. The average Bonchev–Trinajstić information content (AvgIpc) is 2.45. The molecule has 0 radical (unpaired) electrons. The van der Waals surface area contributed by atoms with E-state index in [0.717, 1.165) is 18.6 Å². The van der Waals surface area contributed by atoms with Crippen LogP contribution in [-0.2, 0) is 4.74 Å². The molecule has 0 aromatic carbocycles. The Balaban J connectivity index is -0.000000285. The third-order valence-corrected chi connectivity index (χ3v) is 1.90. The largest absolute Gasteiger partial charge is 0.490 e. The van der Waals surface area contributed by atoms with E-state index in [2.05, 4.69) is 20.1 Å². The van der Waals surface area contributed by atoms with Crippen molar-refractivity contribution in [3.05, 3.63) is 36.6 Å². The number of ether oxygens (including phenoxy) is 1. The molecule has 102 valence electrons. The van der Waals surface area contributed by atoms with Crippen molar-refractivity contribution in [2.75, 3.05) is 0 Å². The van der Waals surface area contributed by atoms with Gasteiger partial charge in [0.1, 0.15) is 5.76 Å². The monoisotopic (exact) mass is 240 g/mol. The fourth-order valence-corrected chi connectivity index (χ4v) is 1.22. The molecule has 0 spiro atoms. The first-order valence-corrected chi connectivity index (χ1v) is 6.92. The van der Waals surface area contributed by atoms with Gasteiger partial charge in [0.05, 0.1) is 6.10 Å². The molecule has 0 saturated carbocycles. The van der Waals surface area contributed by atoms with Gasteiger partial charge >= 0.3 is 0 Å². The third kappa shape index (κ3) is 9.92. The minimum Gasteiger partial charge on any atom is -0.490 e. The zero-order valence-corrected chi connectivity index (χ0v) is 13.0. The van der Waals surface area contributed by atoms with Crippen molar-refractivity contribution in [2.24, 2.45) is 0 Å². The van der Waals surface area contributed by atoms with Gasteiger partial charge in [-0.3, -0.25) is 0 Å². The lowest BCUT2D eigenvalue weighted by atomic mass is 10.0. The summed E-state index contributed by atoms with van der Waals surface area (Å²) in [5.41, 5.74) is 1.18. The maximum absolute atomic E-state index is 5.53. The number of hydrogen-bond donors (Lipinski definition) is 0. The standard InChI is InChI=1S/C10H14O.3C2H6/c1-4-9-7-6-8(3)11-10(9)5-2;3*1-2/h4-5,8H,1-2,6-7H2,3H3;3*1-2H3. The molecule has 0 bridgehead atoms. The summed E-state index contributed by atoms with van der Waals surface area (Å²) < 4.78 is 5.53. The van der Waals surface area contributed by atoms with Crippen LogP contribution in [0.3, 0.4) is 0 Å². The van der Waals surface area contributed by atoms with Gasteiger partial charge in [-0.15, -0.1) is 0 Å². The van der Waals surface area contributed by atoms with Crippen LogP contribution in [-0.4, -0.2) is 6.10 Å². The normalized spacial score (nSPS) is 16.8. The van der Waals surface area contributed by atoms with Crippen LogP contribution >= 0.6 is 0 Å². The third-order valence-electron chi connectivity index (χ3n) is 1.90. The SMILES string of the molecule is C=CC1=C(C=C)OC(C)CC1.CC.CC.CC. The Morgan fingerprint density at radius 1 is 1.00 bits per heavy atom. The van der Waals surface area contributed by atoms with Gasteiger partial charge in [0.2, 0.25) is 0 Å². The number of rotatable bonds is 2. The number of hydrogen-bond acceptors (Lipinski definition) is 1. The van der Waals surface area contributed by atoms with E-state index in [1.54, 1.807) is 6.08 Å². The summed E-state index contributed by atoms with van der Waals surface area (Å²) in [7, 11) is 0. The Labute approximate surface area is 109 Å². The molecule has 1 aliphatic rings. The van der Waals surface area contributed by atoms with Crippen LogP contribution in [0, 0.1) is 0 Å². The van der Waals surface area contributed by atoms with Crippen molar-refractivity contribution in [3.63, 3.8) is 0 Å². The molecule has 0 aromatic heterocycles. The van der Waals surface area contributed by atoms with E-state index in [1.165, 1.54) is 5.57 Å². The van der Waals surface area contributed by atoms with E-state index in [1.807, 2.05) is 47.6 Å². The first kappa shape index (κ1) is 21.3. The zero-order chi connectivity index (χ0) is 14.3. The molecule has 1 unspecified atom stereocenters. The molecule has 1 aliphatic heterocycles. The highest BCUT2D eigenvalue weighted by atomic mass is 16.5. The smallest absolute Gasteiger partial charge is 0.122 e. The first-order chi connectivity index (χ1) is 8.27. The van der Waals surface area contributed by atoms with Crippen LogP contribution in [0.2, 0.25) is 0 Å². The molecule has 1 rings (SSSR count). The minimum absolute atomic E-state index is 0.326. The molecule has 0 aliphatic carbocycles. The van der Waals surface area contributed by atoms with Crippen molar-refractivity contribution in [1.29, 1.82) is 0 Å². The predicted molar refractivity (Wildman–Crippen MR) is 81.2 cm³/mol. The molecular formula is C16H32O. The highest BCUT2D eigenvalue weighted by molar-refractivity contribution is 5.28. The topological polar surface area (TPSA) is 9.23 Å². The van der Waals surface area contributed by atoms with E-state index in [0.29, 0.717) is 6.10 Å². The van der Waals surface area contributed by atoms with Crippen LogP contribution in [0.25, 0.3) is 0 Å². The molecule has 0 aromatic rings. The molecule has 0 amide bonds. The van der Waals surface area contributed by atoms with E-state index in [-0.39, 0.29) is 0 Å². The fraction of sp³-hybridized carbons (Fsp3) is 0.625. The molecule has 0 N–H and O–H groups in total. The Kier molecular flexibility index (Phi) is 21.8. The summed E-state index contributed by atoms with van der Waals surface area (Å²) in [5.74, 6) is 0.902. The molecule has 1 heterocycles. The van der Waals surface area contributed by atoms with Crippen LogP contribution in [0.1, 0.15) is 61.3 Å². The van der Waals surface area contributed by atoms with Crippen molar-refractivity contribution in [2.45, 2.75) is 67.4 Å². The summed E-state index contributed by atoms with van der Waals surface area (Å²) in [6.45, 7) is 21.5. The van der Waals surface area contributed by atoms with Gasteiger partial charge in [0.25, 0.3) is 0 Å². The average molecular weight is 240 g/mol. The minimum atomic E-state index is 0.326. The maximum Gasteiger partial charge on any atom is 0.122 e. The Morgan fingerprint density at radius 3 is 1.82 bits per heavy atom. The fourth-order valence-electron chi connectivity index (χ4n) is 1.22. The Morgan fingerprint density at radius 2 is 1.47 bits per heavy atom. The van der Waals surface area contributed by atoms with Crippen LogP contribution in [0.15, 0.2) is 36.6 Å². The molecule has 1 atom stereocenters. The van der Waals surface area contributed by atoms with E-state index in [4.69, 9.17) is 4.74 Å².